The van der Waals surface area contributed by atoms with Gasteiger partial charge in [-0.05, 0) is 31.0 Å². The maximum absolute atomic E-state index is 12.6. The van der Waals surface area contributed by atoms with Crippen LogP contribution in [0, 0.1) is 18.3 Å². The van der Waals surface area contributed by atoms with Crippen LogP contribution < -0.4 is 4.80 Å². The number of carbonyl (C=O) groups excluding carboxylic acids is 1. The average Bonchev–Trinajstić information content (AvgIpc) is 2.91. The molecule has 1 saturated heterocycles. The molecule has 0 atom stereocenters. The molecule has 3 rings (SSSR count). The third kappa shape index (κ3) is 4.01. The van der Waals surface area contributed by atoms with Gasteiger partial charge < -0.3 is 4.57 Å². The van der Waals surface area contributed by atoms with E-state index in [0.717, 1.165) is 10.2 Å². The van der Waals surface area contributed by atoms with E-state index in [1.54, 1.807) is 6.07 Å². The van der Waals surface area contributed by atoms with Crippen LogP contribution >= 0.6 is 22.9 Å². The van der Waals surface area contributed by atoms with E-state index in [2.05, 4.69) is 10.9 Å². The lowest BCUT2D eigenvalue weighted by atomic mass is 9.98. The van der Waals surface area contributed by atoms with Crippen molar-refractivity contribution in [2.45, 2.75) is 19.4 Å². The van der Waals surface area contributed by atoms with Gasteiger partial charge in [0.2, 0.25) is 10.0 Å². The summed E-state index contributed by atoms with van der Waals surface area (Å²) < 4.78 is 27.3. The molecule has 0 saturated carbocycles. The molecule has 26 heavy (non-hydrogen) atoms. The second-order valence-electron chi connectivity index (χ2n) is 6.17. The van der Waals surface area contributed by atoms with Crippen LogP contribution in [0.5, 0.6) is 0 Å². The Morgan fingerprint density at radius 3 is 2.73 bits per heavy atom. The molecule has 1 aromatic carbocycles. The van der Waals surface area contributed by atoms with E-state index in [1.165, 1.54) is 21.9 Å². The van der Waals surface area contributed by atoms with E-state index in [9.17, 15) is 13.2 Å². The molecular formula is C17H18ClN3O3S2. The van der Waals surface area contributed by atoms with Gasteiger partial charge >= 0.3 is 0 Å². The summed E-state index contributed by atoms with van der Waals surface area (Å²) in [7, 11) is -3.21. The number of aromatic nitrogens is 1. The van der Waals surface area contributed by atoms with Crippen LogP contribution in [0.1, 0.15) is 12.8 Å². The monoisotopic (exact) mass is 411 g/mol. The van der Waals surface area contributed by atoms with E-state index in [0.29, 0.717) is 42.3 Å². The van der Waals surface area contributed by atoms with Crippen molar-refractivity contribution < 1.29 is 13.2 Å². The van der Waals surface area contributed by atoms with Crippen molar-refractivity contribution in [3.05, 3.63) is 28.0 Å². The number of nitrogens with zero attached hydrogens (tertiary/aromatic N) is 3. The zero-order chi connectivity index (χ0) is 18.9. The number of fused-ring (bicyclic) bond motifs is 1. The highest BCUT2D eigenvalue weighted by Crippen LogP contribution is 2.23. The van der Waals surface area contributed by atoms with Crippen molar-refractivity contribution in [3.8, 4) is 12.3 Å². The summed E-state index contributed by atoms with van der Waals surface area (Å²) in [6, 6.07) is 5.46. The molecule has 0 spiro atoms. The van der Waals surface area contributed by atoms with Gasteiger partial charge in [-0.1, -0.05) is 28.9 Å². The summed E-state index contributed by atoms with van der Waals surface area (Å²) in [5.41, 5.74) is 0.885. The number of carbonyl (C=O) groups is 1. The normalized spacial score (nSPS) is 17.5. The number of rotatable bonds is 3. The fourth-order valence-corrected chi connectivity index (χ4v) is 5.18. The number of piperidine rings is 1. The van der Waals surface area contributed by atoms with Crippen LogP contribution in [-0.2, 0) is 21.4 Å². The van der Waals surface area contributed by atoms with Crippen LogP contribution in [0.2, 0.25) is 5.02 Å². The first kappa shape index (κ1) is 19.1. The number of terminal acetylenes is 1. The van der Waals surface area contributed by atoms with Crippen molar-refractivity contribution in [2.75, 3.05) is 19.3 Å². The Bertz CT molecular complexity index is 1060. The van der Waals surface area contributed by atoms with Gasteiger partial charge in [0.25, 0.3) is 5.91 Å². The van der Waals surface area contributed by atoms with Crippen molar-refractivity contribution in [2.24, 2.45) is 10.9 Å². The Balaban J connectivity index is 1.89. The molecule has 0 radical (unpaired) electrons. The summed E-state index contributed by atoms with van der Waals surface area (Å²) in [6.45, 7) is 0.995. The van der Waals surface area contributed by atoms with Crippen LogP contribution in [-0.4, -0.2) is 42.5 Å². The van der Waals surface area contributed by atoms with Gasteiger partial charge in [-0.2, -0.15) is 4.99 Å². The molecule has 6 nitrogen and oxygen atoms in total. The predicted octanol–water partition coefficient (Wildman–Crippen LogP) is 2.09. The summed E-state index contributed by atoms with van der Waals surface area (Å²) >= 11 is 7.41. The quantitative estimate of drug-likeness (QED) is 0.726. The second-order valence-corrected chi connectivity index (χ2v) is 9.60. The fraction of sp³-hybridized carbons (Fsp3) is 0.412. The van der Waals surface area contributed by atoms with Gasteiger partial charge in [-0.15, -0.1) is 6.42 Å². The highest BCUT2D eigenvalue weighted by molar-refractivity contribution is 7.88. The third-order valence-electron chi connectivity index (χ3n) is 4.37. The first-order valence-corrected chi connectivity index (χ1v) is 11.1. The van der Waals surface area contributed by atoms with Crippen molar-refractivity contribution >= 4 is 49.1 Å². The minimum atomic E-state index is -3.21. The number of amides is 1. The minimum Gasteiger partial charge on any atom is -0.305 e. The first-order valence-electron chi connectivity index (χ1n) is 8.05. The van der Waals surface area contributed by atoms with Gasteiger partial charge in [-0.3, -0.25) is 4.79 Å². The van der Waals surface area contributed by atoms with Gasteiger partial charge in [-0.25, -0.2) is 12.7 Å². The zero-order valence-electron chi connectivity index (χ0n) is 14.2. The molecule has 0 unspecified atom stereocenters. The molecule has 1 aliphatic rings. The zero-order valence-corrected chi connectivity index (χ0v) is 16.6. The Labute approximate surface area is 161 Å². The van der Waals surface area contributed by atoms with E-state index >= 15 is 0 Å². The molecule has 0 aliphatic carbocycles. The predicted molar refractivity (Wildman–Crippen MR) is 103 cm³/mol. The molecule has 1 aromatic heterocycles. The molecule has 9 heteroatoms. The minimum absolute atomic E-state index is 0.235. The molecule has 0 bridgehead atoms. The summed E-state index contributed by atoms with van der Waals surface area (Å²) in [5.74, 6) is 2.07. The van der Waals surface area contributed by atoms with E-state index in [4.69, 9.17) is 18.0 Å². The Hall–Kier alpha value is -1.66. The Kier molecular flexibility index (Phi) is 5.53. The number of hydrogen-bond donors (Lipinski definition) is 0. The molecule has 1 aliphatic heterocycles. The molecule has 2 aromatic rings. The maximum atomic E-state index is 12.6. The first-order chi connectivity index (χ1) is 12.3. The van der Waals surface area contributed by atoms with Gasteiger partial charge in [0, 0.05) is 24.0 Å². The van der Waals surface area contributed by atoms with Gasteiger partial charge in [0.05, 0.1) is 23.0 Å². The molecule has 1 fully saturated rings. The van der Waals surface area contributed by atoms with E-state index < -0.39 is 10.0 Å². The summed E-state index contributed by atoms with van der Waals surface area (Å²) in [5, 5.41) is 0.609. The number of halogens is 1. The maximum Gasteiger partial charge on any atom is 0.251 e. The van der Waals surface area contributed by atoms with Gasteiger partial charge in [0.1, 0.15) is 0 Å². The van der Waals surface area contributed by atoms with Crippen molar-refractivity contribution in [3.63, 3.8) is 0 Å². The van der Waals surface area contributed by atoms with E-state index in [-0.39, 0.29) is 11.8 Å². The van der Waals surface area contributed by atoms with E-state index in [1.807, 2.05) is 16.7 Å². The number of thiazole rings is 1. The molecule has 138 valence electrons. The highest BCUT2D eigenvalue weighted by atomic mass is 35.5. The molecule has 2 heterocycles. The van der Waals surface area contributed by atoms with Crippen LogP contribution in [0.15, 0.2) is 23.2 Å². The average molecular weight is 412 g/mol. The van der Waals surface area contributed by atoms with Crippen LogP contribution in [0.4, 0.5) is 0 Å². The van der Waals surface area contributed by atoms with Crippen LogP contribution in [0.25, 0.3) is 10.2 Å². The Morgan fingerprint density at radius 1 is 1.42 bits per heavy atom. The number of benzene rings is 1. The lowest BCUT2D eigenvalue weighted by molar-refractivity contribution is -0.122. The van der Waals surface area contributed by atoms with Crippen molar-refractivity contribution in [1.29, 1.82) is 0 Å². The standard InChI is InChI=1S/C17H18ClN3O3S2/c1-3-8-21-14-5-4-13(18)11-15(14)25-17(21)19-16(22)12-6-9-20(10-7-12)26(2,23)24/h1,4-5,11-12H,6-10H2,2H3. The number of sulfonamides is 1. The largest absolute Gasteiger partial charge is 0.305 e. The lowest BCUT2D eigenvalue weighted by Crippen LogP contribution is -2.39. The second kappa shape index (κ2) is 7.53. The highest BCUT2D eigenvalue weighted by Gasteiger charge is 2.28. The SMILES string of the molecule is C#CCn1c(=NC(=O)C2CCN(S(C)(=O)=O)CC2)sc2cc(Cl)ccc21. The summed E-state index contributed by atoms with van der Waals surface area (Å²) in [6.07, 6.45) is 7.59. The number of hydrogen-bond acceptors (Lipinski definition) is 4. The van der Waals surface area contributed by atoms with Crippen molar-refractivity contribution in [1.82, 2.24) is 8.87 Å². The molecule has 1 amide bonds. The molecule has 0 N–H and O–H groups in total. The lowest BCUT2D eigenvalue weighted by Gasteiger charge is -2.28. The van der Waals surface area contributed by atoms with Crippen LogP contribution in [0.3, 0.4) is 0 Å². The Morgan fingerprint density at radius 2 is 2.12 bits per heavy atom. The fourth-order valence-electron chi connectivity index (χ4n) is 3.00. The third-order valence-corrected chi connectivity index (χ3v) is 6.95. The smallest absolute Gasteiger partial charge is 0.251 e. The summed E-state index contributed by atoms with van der Waals surface area (Å²) in [4.78, 5) is 17.4. The topological polar surface area (TPSA) is 71.7 Å². The van der Waals surface area contributed by atoms with Gasteiger partial charge in [0.15, 0.2) is 4.80 Å². The molecular weight excluding hydrogens is 394 g/mol.